The second kappa shape index (κ2) is 10.8. The molecule has 0 bridgehead atoms. The van der Waals surface area contributed by atoms with E-state index in [0.29, 0.717) is 31.7 Å². The Hall–Kier alpha value is -2.96. The lowest BCUT2D eigenvalue weighted by atomic mass is 9.73. The molecule has 0 saturated heterocycles. The summed E-state index contributed by atoms with van der Waals surface area (Å²) in [6.07, 6.45) is 2.71. The number of methoxy groups -OCH3 is 1. The zero-order chi connectivity index (χ0) is 24.8. The summed E-state index contributed by atoms with van der Waals surface area (Å²) in [6.45, 7) is 11.5. The first-order chi connectivity index (χ1) is 15.5. The fourth-order valence-electron chi connectivity index (χ4n) is 4.59. The number of primary amides is 1. The van der Waals surface area contributed by atoms with Crippen LogP contribution in [0.5, 0.6) is 0 Å². The zero-order valence-corrected chi connectivity index (χ0v) is 20.9. The van der Waals surface area contributed by atoms with E-state index in [0.717, 1.165) is 11.1 Å². The number of nitrogens with zero attached hydrogens (tertiary/aromatic N) is 2. The van der Waals surface area contributed by atoms with Crippen molar-refractivity contribution in [3.63, 3.8) is 0 Å². The van der Waals surface area contributed by atoms with Gasteiger partial charge in [-0.2, -0.15) is 0 Å². The monoisotopic (exact) mass is 457 g/mol. The number of rotatable bonds is 9. The minimum Gasteiger partial charge on any atom is -0.512 e. The van der Waals surface area contributed by atoms with Crippen molar-refractivity contribution in [2.45, 2.75) is 59.4 Å². The highest BCUT2D eigenvalue weighted by Crippen LogP contribution is 2.48. The van der Waals surface area contributed by atoms with Gasteiger partial charge in [0.2, 0.25) is 5.91 Å². The molecule has 0 fully saturated rings. The molecule has 182 valence electrons. The highest BCUT2D eigenvalue weighted by molar-refractivity contribution is 5.77. The van der Waals surface area contributed by atoms with Crippen LogP contribution in [0.2, 0.25) is 0 Å². The van der Waals surface area contributed by atoms with Crippen LogP contribution in [0.3, 0.4) is 0 Å². The minimum absolute atomic E-state index is 0.0436. The highest BCUT2D eigenvalue weighted by Gasteiger charge is 2.49. The quantitative estimate of drug-likeness (QED) is 0.562. The standard InChI is InChI=1S/C26H39N3O4/c1-7-28(8-2)23(31)15-12-16-29(24(27)32)26(19-13-10-9-11-14-19)18-21(30)20(25(3,4)5)17-22(26)33-6/h9-11,13-14,17,30H,7-8,12,15-16,18H2,1-6H3,(H2,27,32). The Bertz CT molecular complexity index is 898. The van der Waals surface area contributed by atoms with Crippen LogP contribution in [-0.4, -0.2) is 53.6 Å². The second-order valence-electron chi connectivity index (χ2n) is 9.39. The number of aliphatic hydroxyl groups excluding tert-OH is 1. The summed E-state index contributed by atoms with van der Waals surface area (Å²) >= 11 is 0. The molecule has 3 N–H and O–H groups in total. The number of urea groups is 1. The largest absolute Gasteiger partial charge is 0.512 e. The lowest BCUT2D eigenvalue weighted by Gasteiger charge is -2.47. The predicted molar refractivity (Wildman–Crippen MR) is 130 cm³/mol. The molecule has 7 nitrogen and oxygen atoms in total. The molecule has 1 aliphatic carbocycles. The fraction of sp³-hybridized carbons (Fsp3) is 0.538. The molecule has 1 aliphatic rings. The van der Waals surface area contributed by atoms with E-state index in [4.69, 9.17) is 10.5 Å². The average Bonchev–Trinajstić information content (AvgIpc) is 2.76. The summed E-state index contributed by atoms with van der Waals surface area (Å²) in [5.41, 5.74) is 6.03. The number of hydrogen-bond acceptors (Lipinski definition) is 4. The molecule has 0 aliphatic heterocycles. The van der Waals surface area contributed by atoms with Crippen molar-refractivity contribution in [1.82, 2.24) is 9.80 Å². The number of nitrogens with two attached hydrogens (primary N) is 1. The van der Waals surface area contributed by atoms with Crippen LogP contribution in [-0.2, 0) is 15.1 Å². The topological polar surface area (TPSA) is 96.1 Å². The number of carbonyl (C=O) groups is 2. The van der Waals surface area contributed by atoms with Crippen molar-refractivity contribution >= 4 is 11.9 Å². The van der Waals surface area contributed by atoms with E-state index >= 15 is 0 Å². The Kier molecular flexibility index (Phi) is 8.58. The maximum Gasteiger partial charge on any atom is 0.315 e. The van der Waals surface area contributed by atoms with Crippen LogP contribution < -0.4 is 5.73 Å². The maximum atomic E-state index is 12.8. The first-order valence-corrected chi connectivity index (χ1v) is 11.6. The Morgan fingerprint density at radius 2 is 1.76 bits per heavy atom. The van der Waals surface area contributed by atoms with Crippen LogP contribution in [0.4, 0.5) is 4.79 Å². The summed E-state index contributed by atoms with van der Waals surface area (Å²) in [5, 5.41) is 11.1. The van der Waals surface area contributed by atoms with E-state index in [1.807, 2.05) is 71.0 Å². The van der Waals surface area contributed by atoms with Crippen LogP contribution in [0.1, 0.15) is 59.4 Å². The van der Waals surface area contributed by atoms with Gasteiger partial charge in [-0.05, 0) is 42.9 Å². The molecule has 3 amide bonds. The smallest absolute Gasteiger partial charge is 0.315 e. The molecule has 7 heteroatoms. The van der Waals surface area contributed by atoms with Crippen molar-refractivity contribution < 1.29 is 19.4 Å². The summed E-state index contributed by atoms with van der Waals surface area (Å²) in [7, 11) is 1.56. The summed E-state index contributed by atoms with van der Waals surface area (Å²) in [4.78, 5) is 28.6. The fourth-order valence-corrected chi connectivity index (χ4v) is 4.59. The molecule has 33 heavy (non-hydrogen) atoms. The van der Waals surface area contributed by atoms with Crippen molar-refractivity contribution in [2.75, 3.05) is 26.7 Å². The Morgan fingerprint density at radius 3 is 2.24 bits per heavy atom. The minimum atomic E-state index is -1.11. The van der Waals surface area contributed by atoms with Crippen LogP contribution in [0.15, 0.2) is 53.5 Å². The molecule has 1 aromatic carbocycles. The lowest BCUT2D eigenvalue weighted by molar-refractivity contribution is -0.131. The van der Waals surface area contributed by atoms with Crippen molar-refractivity contribution in [3.05, 3.63) is 59.1 Å². The zero-order valence-electron chi connectivity index (χ0n) is 20.9. The Morgan fingerprint density at radius 1 is 1.15 bits per heavy atom. The maximum absolute atomic E-state index is 12.8. The van der Waals surface area contributed by atoms with Gasteiger partial charge in [0, 0.05) is 32.5 Å². The summed E-state index contributed by atoms with van der Waals surface area (Å²) in [5.74, 6) is 0.769. The van der Waals surface area contributed by atoms with Gasteiger partial charge >= 0.3 is 6.03 Å². The lowest BCUT2D eigenvalue weighted by Crippen LogP contribution is -2.55. The van der Waals surface area contributed by atoms with Crippen LogP contribution in [0.25, 0.3) is 0 Å². The molecule has 0 saturated carbocycles. The Balaban J connectivity index is 2.52. The van der Waals surface area contributed by atoms with Crippen molar-refractivity contribution in [3.8, 4) is 0 Å². The molecule has 1 aromatic rings. The number of ether oxygens (including phenoxy) is 1. The predicted octanol–water partition coefficient (Wildman–Crippen LogP) is 4.70. The van der Waals surface area contributed by atoms with Gasteiger partial charge in [-0.3, -0.25) is 4.79 Å². The molecule has 1 atom stereocenters. The normalized spacial score (nSPS) is 18.5. The third-order valence-corrected chi connectivity index (χ3v) is 6.31. The van der Waals surface area contributed by atoms with Gasteiger partial charge in [0.1, 0.15) is 11.3 Å². The van der Waals surface area contributed by atoms with E-state index in [1.54, 1.807) is 12.0 Å². The van der Waals surface area contributed by atoms with Crippen molar-refractivity contribution in [1.29, 1.82) is 0 Å². The summed E-state index contributed by atoms with van der Waals surface area (Å²) < 4.78 is 5.86. The molecule has 0 heterocycles. The van der Waals surface area contributed by atoms with E-state index in [1.165, 1.54) is 4.90 Å². The van der Waals surface area contributed by atoms with E-state index < -0.39 is 11.6 Å². The van der Waals surface area contributed by atoms with Crippen LogP contribution >= 0.6 is 0 Å². The van der Waals surface area contributed by atoms with Gasteiger partial charge in [-0.15, -0.1) is 0 Å². The van der Waals surface area contributed by atoms with Gasteiger partial charge in [-0.1, -0.05) is 51.1 Å². The van der Waals surface area contributed by atoms with Crippen LogP contribution in [0, 0.1) is 5.41 Å². The SMILES string of the molecule is CCN(CC)C(=O)CCCN(C(N)=O)C1(c2ccccc2)CC(O)=C(C(C)(C)C)C=C1OC. The van der Waals surface area contributed by atoms with E-state index in [2.05, 4.69) is 0 Å². The molecular formula is C26H39N3O4. The first kappa shape index (κ1) is 26.3. The van der Waals surface area contributed by atoms with Gasteiger partial charge in [0.25, 0.3) is 0 Å². The number of benzene rings is 1. The average molecular weight is 458 g/mol. The molecule has 0 radical (unpaired) electrons. The third-order valence-electron chi connectivity index (χ3n) is 6.31. The summed E-state index contributed by atoms with van der Waals surface area (Å²) in [6, 6.07) is 8.83. The van der Waals surface area contributed by atoms with Crippen molar-refractivity contribution in [2.24, 2.45) is 11.1 Å². The third kappa shape index (κ3) is 5.52. The van der Waals surface area contributed by atoms with Gasteiger partial charge in [-0.25, -0.2) is 4.79 Å². The highest BCUT2D eigenvalue weighted by atomic mass is 16.5. The Labute approximate surface area is 197 Å². The van der Waals surface area contributed by atoms with Gasteiger partial charge < -0.3 is 25.4 Å². The van der Waals surface area contributed by atoms with E-state index in [-0.39, 0.29) is 30.0 Å². The molecule has 0 aromatic heterocycles. The number of allylic oxidation sites excluding steroid dienone is 2. The number of hydrogen-bond donors (Lipinski definition) is 2. The number of aliphatic hydroxyl groups is 1. The second-order valence-corrected chi connectivity index (χ2v) is 9.39. The van der Waals surface area contributed by atoms with Gasteiger partial charge in [0.05, 0.1) is 12.9 Å². The molecular weight excluding hydrogens is 418 g/mol. The van der Waals surface area contributed by atoms with Gasteiger partial charge in [0.15, 0.2) is 0 Å². The number of amides is 3. The first-order valence-electron chi connectivity index (χ1n) is 11.6. The molecule has 2 rings (SSSR count). The number of carbonyl (C=O) groups excluding carboxylic acids is 2. The van der Waals surface area contributed by atoms with E-state index in [9.17, 15) is 14.7 Å². The molecule has 1 unspecified atom stereocenters. The molecule has 0 spiro atoms.